The van der Waals surface area contributed by atoms with Crippen molar-refractivity contribution in [3.63, 3.8) is 0 Å². The molecule has 6 heteroatoms. The lowest BCUT2D eigenvalue weighted by molar-refractivity contribution is 0.223. The SMILES string of the molecule is CN(CCC#N)C(=O)Nc1ccc(Cl)c(Cl)c1. The summed E-state index contributed by atoms with van der Waals surface area (Å²) in [4.78, 5) is 13.1. The van der Waals surface area contributed by atoms with E-state index < -0.39 is 0 Å². The van der Waals surface area contributed by atoms with Crippen LogP contribution in [-0.4, -0.2) is 24.5 Å². The molecule has 1 rings (SSSR count). The molecule has 1 aromatic carbocycles. The molecule has 1 aromatic rings. The number of rotatable bonds is 3. The number of halogens is 2. The van der Waals surface area contributed by atoms with Crippen LogP contribution in [0.5, 0.6) is 0 Å². The van der Waals surface area contributed by atoms with Crippen molar-refractivity contribution in [2.24, 2.45) is 0 Å². The van der Waals surface area contributed by atoms with Crippen LogP contribution in [0.25, 0.3) is 0 Å². The van der Waals surface area contributed by atoms with Crippen LogP contribution in [0.4, 0.5) is 10.5 Å². The van der Waals surface area contributed by atoms with E-state index in [0.29, 0.717) is 28.7 Å². The molecule has 0 aliphatic carbocycles. The fourth-order valence-electron chi connectivity index (χ4n) is 1.11. The van der Waals surface area contributed by atoms with Gasteiger partial charge in [0, 0.05) is 19.3 Å². The Kier molecular flexibility index (Phi) is 5.08. The first-order valence-electron chi connectivity index (χ1n) is 4.88. The van der Waals surface area contributed by atoms with Gasteiger partial charge in [0.25, 0.3) is 0 Å². The Labute approximate surface area is 110 Å². The van der Waals surface area contributed by atoms with Crippen LogP contribution in [0.2, 0.25) is 10.0 Å². The van der Waals surface area contributed by atoms with Crippen LogP contribution in [0.1, 0.15) is 6.42 Å². The molecule has 2 amide bonds. The summed E-state index contributed by atoms with van der Waals surface area (Å²) in [6.45, 7) is 0.379. The topological polar surface area (TPSA) is 56.1 Å². The third-order valence-electron chi connectivity index (χ3n) is 2.08. The molecule has 0 heterocycles. The molecule has 90 valence electrons. The molecule has 0 spiro atoms. The largest absolute Gasteiger partial charge is 0.327 e. The maximum Gasteiger partial charge on any atom is 0.321 e. The number of hydrogen-bond donors (Lipinski definition) is 1. The highest BCUT2D eigenvalue weighted by molar-refractivity contribution is 6.42. The molecule has 4 nitrogen and oxygen atoms in total. The Bertz CT molecular complexity index is 457. The van der Waals surface area contributed by atoms with Gasteiger partial charge in [0.05, 0.1) is 22.5 Å². The van der Waals surface area contributed by atoms with Gasteiger partial charge in [-0.2, -0.15) is 5.26 Å². The van der Waals surface area contributed by atoms with E-state index in [-0.39, 0.29) is 6.03 Å². The number of nitrogens with zero attached hydrogens (tertiary/aromatic N) is 2. The fraction of sp³-hybridized carbons (Fsp3) is 0.273. The zero-order chi connectivity index (χ0) is 12.8. The lowest BCUT2D eigenvalue weighted by Gasteiger charge is -2.16. The summed E-state index contributed by atoms with van der Waals surface area (Å²) in [5.74, 6) is 0. The molecule has 0 radical (unpaired) electrons. The normalized spacial score (nSPS) is 9.53. The molecular weight excluding hydrogens is 261 g/mol. The molecular formula is C11H11Cl2N3O. The van der Waals surface area contributed by atoms with Gasteiger partial charge in [-0.1, -0.05) is 23.2 Å². The van der Waals surface area contributed by atoms with Crippen LogP contribution in [0, 0.1) is 11.3 Å². The summed E-state index contributed by atoms with van der Waals surface area (Å²) in [6, 6.07) is 6.51. The maximum absolute atomic E-state index is 11.6. The van der Waals surface area contributed by atoms with E-state index in [9.17, 15) is 4.79 Å². The molecule has 0 saturated heterocycles. The third kappa shape index (κ3) is 4.14. The summed E-state index contributed by atoms with van der Waals surface area (Å²) in [5.41, 5.74) is 0.563. The molecule has 0 unspecified atom stereocenters. The predicted octanol–water partition coefficient (Wildman–Crippen LogP) is 3.37. The number of benzene rings is 1. The third-order valence-corrected chi connectivity index (χ3v) is 2.82. The highest BCUT2D eigenvalue weighted by Gasteiger charge is 2.08. The number of carbonyl (C=O) groups is 1. The fourth-order valence-corrected chi connectivity index (χ4v) is 1.41. The zero-order valence-corrected chi connectivity index (χ0v) is 10.7. The molecule has 0 fully saturated rings. The first-order valence-corrected chi connectivity index (χ1v) is 5.64. The minimum Gasteiger partial charge on any atom is -0.327 e. The lowest BCUT2D eigenvalue weighted by Crippen LogP contribution is -2.31. The summed E-state index contributed by atoms with van der Waals surface area (Å²) in [5, 5.41) is 11.9. The first kappa shape index (κ1) is 13.6. The summed E-state index contributed by atoms with van der Waals surface area (Å²) in [7, 11) is 1.62. The minimum atomic E-state index is -0.293. The van der Waals surface area contributed by atoms with Crippen molar-refractivity contribution < 1.29 is 4.79 Å². The Balaban J connectivity index is 2.62. The van der Waals surface area contributed by atoms with Gasteiger partial charge in [0.1, 0.15) is 0 Å². The van der Waals surface area contributed by atoms with Crippen molar-refractivity contribution in [3.05, 3.63) is 28.2 Å². The second kappa shape index (κ2) is 6.33. The molecule has 0 aliphatic heterocycles. The second-order valence-corrected chi connectivity index (χ2v) is 4.20. The summed E-state index contributed by atoms with van der Waals surface area (Å²) in [6.07, 6.45) is 0.297. The van der Waals surface area contributed by atoms with E-state index in [1.165, 1.54) is 4.90 Å². The number of hydrogen-bond acceptors (Lipinski definition) is 2. The van der Waals surface area contributed by atoms with Gasteiger partial charge in [0.15, 0.2) is 0 Å². The van der Waals surface area contributed by atoms with Gasteiger partial charge in [-0.3, -0.25) is 0 Å². The monoisotopic (exact) mass is 271 g/mol. The van der Waals surface area contributed by atoms with Crippen LogP contribution in [-0.2, 0) is 0 Å². The zero-order valence-electron chi connectivity index (χ0n) is 9.20. The predicted molar refractivity (Wildman–Crippen MR) is 68.3 cm³/mol. The van der Waals surface area contributed by atoms with Gasteiger partial charge in [0.2, 0.25) is 0 Å². The second-order valence-electron chi connectivity index (χ2n) is 3.39. The maximum atomic E-state index is 11.6. The van der Waals surface area contributed by atoms with Gasteiger partial charge >= 0.3 is 6.03 Å². The average Bonchev–Trinajstić information content (AvgIpc) is 2.30. The quantitative estimate of drug-likeness (QED) is 0.917. The molecule has 0 saturated carbocycles. The number of urea groups is 1. The Hall–Kier alpha value is -1.44. The summed E-state index contributed by atoms with van der Waals surface area (Å²) >= 11 is 11.6. The van der Waals surface area contributed by atoms with Crippen molar-refractivity contribution in [2.75, 3.05) is 18.9 Å². The van der Waals surface area contributed by atoms with Gasteiger partial charge in [-0.05, 0) is 18.2 Å². The van der Waals surface area contributed by atoms with Gasteiger partial charge < -0.3 is 10.2 Å². The minimum absolute atomic E-state index is 0.293. The Morgan fingerprint density at radius 3 is 2.76 bits per heavy atom. The van der Waals surface area contributed by atoms with Crippen molar-refractivity contribution in [2.45, 2.75) is 6.42 Å². The van der Waals surface area contributed by atoms with Crippen LogP contribution in [0.3, 0.4) is 0 Å². The first-order chi connectivity index (χ1) is 8.04. The number of anilines is 1. The number of amides is 2. The molecule has 0 bridgehead atoms. The standard InChI is InChI=1S/C11H11Cl2N3O/c1-16(6-2-5-14)11(17)15-8-3-4-9(12)10(13)7-8/h3-4,7H,2,6H2,1H3,(H,15,17). The van der Waals surface area contributed by atoms with Crippen molar-refractivity contribution >= 4 is 34.9 Å². The number of carbonyl (C=O) groups excluding carboxylic acids is 1. The Morgan fingerprint density at radius 2 is 2.18 bits per heavy atom. The highest BCUT2D eigenvalue weighted by atomic mass is 35.5. The number of nitriles is 1. The lowest BCUT2D eigenvalue weighted by atomic mass is 10.3. The van der Waals surface area contributed by atoms with Crippen molar-refractivity contribution in [1.29, 1.82) is 5.26 Å². The van der Waals surface area contributed by atoms with E-state index >= 15 is 0 Å². The molecule has 0 aliphatic rings. The van der Waals surface area contributed by atoms with Gasteiger partial charge in [-0.25, -0.2) is 4.79 Å². The van der Waals surface area contributed by atoms with Crippen LogP contribution in [0.15, 0.2) is 18.2 Å². The molecule has 17 heavy (non-hydrogen) atoms. The smallest absolute Gasteiger partial charge is 0.321 e. The van der Waals surface area contributed by atoms with E-state index in [1.807, 2.05) is 6.07 Å². The van der Waals surface area contributed by atoms with Crippen molar-refractivity contribution in [1.82, 2.24) is 4.90 Å². The van der Waals surface area contributed by atoms with Crippen molar-refractivity contribution in [3.8, 4) is 6.07 Å². The van der Waals surface area contributed by atoms with E-state index in [0.717, 1.165) is 0 Å². The van der Waals surface area contributed by atoms with E-state index in [1.54, 1.807) is 25.2 Å². The van der Waals surface area contributed by atoms with Crippen LogP contribution < -0.4 is 5.32 Å². The molecule has 0 aromatic heterocycles. The number of nitrogens with one attached hydrogen (secondary N) is 1. The molecule has 0 atom stereocenters. The van der Waals surface area contributed by atoms with Crippen LogP contribution >= 0.6 is 23.2 Å². The summed E-state index contributed by atoms with van der Waals surface area (Å²) < 4.78 is 0. The Morgan fingerprint density at radius 1 is 1.47 bits per heavy atom. The van der Waals surface area contributed by atoms with E-state index in [4.69, 9.17) is 28.5 Å². The highest BCUT2D eigenvalue weighted by Crippen LogP contribution is 2.25. The average molecular weight is 272 g/mol. The molecule has 1 N–H and O–H groups in total. The van der Waals surface area contributed by atoms with Gasteiger partial charge in [-0.15, -0.1) is 0 Å². The van der Waals surface area contributed by atoms with E-state index in [2.05, 4.69) is 5.32 Å².